The van der Waals surface area contributed by atoms with Crippen molar-refractivity contribution in [3.05, 3.63) is 285 Å². The molecule has 39 heteroatoms. The van der Waals surface area contributed by atoms with Gasteiger partial charge in [-0.1, -0.05) is 130 Å². The Morgan fingerprint density at radius 3 is 1.13 bits per heavy atom. The van der Waals surface area contributed by atoms with Crippen LogP contribution in [-0.4, -0.2) is 232 Å². The SMILES string of the molecule is CC(=O)OCC1O[C@@H](O[C@@H]2C(CO[Si](c3ccccc3)(c3ccccc3)C(C)(C)C)O[C@@H](O[C@@H]3C(COC(C)=O)O[C@@H](O[C@@H]4C(CO[Si](c5ccccc5)(c5ccccc5)C(C)(C)C)O[C@@H](C)C(N=[N+]=[N-])[C@H]4P[B]B=O)C(C)[C@@H]3OCc3ccccc3)C(N=[N+]=[N-])[C@H]2C)C(OC(=O)c2ccccc2)[C@@H](C)[C@@H]1O[C@@H]1OC(CO[Si](c2ccccc2)(c2ccccc2)C(C)(C)C)[C@@H](C)[C@H](P[B]B=O)C1N=[N+]=[N-]. The predicted octanol–water partition coefficient (Wildman–Crippen LogP) is 14.7. The molecular weight excluding hydrogens is 1860 g/mol. The number of carbonyl (C=O) groups is 3. The van der Waals surface area contributed by atoms with E-state index >= 15 is 4.79 Å². The van der Waals surface area contributed by atoms with Crippen molar-refractivity contribution in [2.75, 3.05) is 33.0 Å². The molecule has 5 saturated heterocycles. The average Bonchev–Trinajstić information content (AvgIpc) is 0.730. The van der Waals surface area contributed by atoms with Crippen molar-refractivity contribution in [3.63, 3.8) is 0 Å². The minimum absolute atomic E-state index is 0.0126. The van der Waals surface area contributed by atoms with Crippen molar-refractivity contribution in [2.24, 2.45) is 39.0 Å². The number of ether oxygens (including phenoxy) is 13. The maximum atomic E-state index is 15.3. The Labute approximate surface area is 829 Å². The van der Waals surface area contributed by atoms with Gasteiger partial charge < -0.3 is 4.43 Å². The molecule has 8 aromatic carbocycles. The normalized spacial score (nSPS) is 28.5. The van der Waals surface area contributed by atoms with Crippen molar-refractivity contribution in [1.29, 1.82) is 0 Å². The fourth-order valence-electron chi connectivity index (χ4n) is 20.7. The van der Waals surface area contributed by atoms with E-state index in [2.05, 4.69) is 165 Å². The number of benzene rings is 8. The summed E-state index contributed by atoms with van der Waals surface area (Å²) in [4.78, 5) is 52.6. The summed E-state index contributed by atoms with van der Waals surface area (Å²) in [5, 5.41) is 17.6. The van der Waals surface area contributed by atoms with Crippen LogP contribution in [0.1, 0.15) is 127 Å². The Bertz CT molecular complexity index is 5380. The van der Waals surface area contributed by atoms with Crippen LogP contribution < -0.4 is 31.1 Å². The van der Waals surface area contributed by atoms with Crippen LogP contribution in [0.4, 0.5) is 0 Å². The molecule has 0 bridgehead atoms. The Balaban J connectivity index is 0.912. The summed E-state index contributed by atoms with van der Waals surface area (Å²) >= 11 is 0. The third-order valence-electron chi connectivity index (χ3n) is 27.5. The molecule has 0 aliphatic carbocycles. The summed E-state index contributed by atoms with van der Waals surface area (Å²) in [6, 6.07) is 75.0. The molecule has 5 fully saturated rings. The van der Waals surface area contributed by atoms with Crippen molar-refractivity contribution < 1.29 is 98.7 Å². The standard InChI is InChI=1S/C101H127B4N9O21P2Si3/c1-63-78(60-123-138(99(8,9)10,72-45-29-19-30-46-72)73-47-31-20-32-48-73)127-97(85(111-114-108)92(63)136-104-102-118)132-87-65(3)89(131-94(117)71-43-27-18-28-44-71)98(130-79(87)58-120-68(6)115)133-86-64(2)83(109-112-106)96(129-81(86)61-124-139(100(11,12)13,74-49-33-21-34-50-74)75-51-35-22-36-52-75)134-90-80(59-121-69(7)116)128-95(66(4)88(90)122-57-70-41-25-17-26-42-70)135-91-82(126-67(5)84(110-113-107)93(91)137-105-103-119)62-125-140(101(14,15)16,76-53-37-23-38-54-76)77-55-39-24-40-56-77/h17-56,63-67,78-93,95-98,136-137H,57-62H2,1-16H3/t63-,64-,65+,66?,67+,78?,79?,80?,81?,82?,83?,84?,85?,86+,87+,88+,89?,90-,91-,92+,93-,95+,96+,97+,98+/m1/s1. The van der Waals surface area contributed by atoms with Gasteiger partial charge in [0.1, 0.15) is 6.10 Å². The zero-order valence-corrected chi connectivity index (χ0v) is 87.2. The van der Waals surface area contributed by atoms with Gasteiger partial charge in [-0.05, 0) is 39.0 Å². The van der Waals surface area contributed by atoms with Crippen molar-refractivity contribution >= 4 is 119 Å². The molecule has 2 radical (unpaired) electrons. The number of esters is 3. The van der Waals surface area contributed by atoms with Crippen LogP contribution in [0.15, 0.2) is 258 Å². The van der Waals surface area contributed by atoms with Gasteiger partial charge in [-0.15, -0.1) is 0 Å². The van der Waals surface area contributed by atoms with Gasteiger partial charge in [0, 0.05) is 4.91 Å². The molecular formula is C101H127B4N9O21P2Si3. The molecule has 0 N–H and O–H groups in total. The quantitative estimate of drug-likeness (QED) is 0.00653. The molecule has 5 aliphatic heterocycles. The van der Waals surface area contributed by atoms with E-state index in [-0.39, 0.29) is 48.9 Å². The van der Waals surface area contributed by atoms with E-state index in [4.69, 9.17) is 74.9 Å². The molecule has 5 heterocycles. The summed E-state index contributed by atoms with van der Waals surface area (Å²) in [6.07, 6.45) is -20.0. The molecule has 140 heavy (non-hydrogen) atoms. The van der Waals surface area contributed by atoms with Gasteiger partial charge in [-0.25, -0.2) is 0 Å². The van der Waals surface area contributed by atoms with Gasteiger partial charge in [0.15, 0.2) is 0 Å². The molecule has 27 atom stereocenters. The Kier molecular flexibility index (Phi) is 38.3. The zero-order chi connectivity index (χ0) is 100. The Hall–Kier alpha value is -9.05. The van der Waals surface area contributed by atoms with Crippen molar-refractivity contribution in [3.8, 4) is 0 Å². The number of azide groups is 3. The van der Waals surface area contributed by atoms with E-state index in [1.165, 1.54) is 27.6 Å². The van der Waals surface area contributed by atoms with E-state index < -0.39 is 223 Å². The van der Waals surface area contributed by atoms with E-state index in [0.717, 1.165) is 36.7 Å². The van der Waals surface area contributed by atoms with Crippen LogP contribution in [0, 0.1) is 23.7 Å². The number of carbonyl (C=O) groups excluding carboxylic acids is 3. The second-order valence-electron chi connectivity index (χ2n) is 39.5. The Morgan fingerprint density at radius 2 is 0.700 bits per heavy atom. The number of hydrogen-bond donors (Lipinski definition) is 0. The summed E-state index contributed by atoms with van der Waals surface area (Å²) in [5.74, 6) is -5.53. The molecule has 12 unspecified atom stereocenters. The first-order valence-electron chi connectivity index (χ1n) is 47.8. The third kappa shape index (κ3) is 24.8. The predicted molar refractivity (Wildman–Crippen MR) is 547 cm³/mol. The molecule has 0 amide bonds. The van der Waals surface area contributed by atoms with Gasteiger partial charge in [-0.2, -0.15) is 0 Å². The van der Waals surface area contributed by atoms with E-state index in [1.54, 1.807) is 44.2 Å². The minimum atomic E-state index is -3.63. The van der Waals surface area contributed by atoms with Crippen LogP contribution in [-0.2, 0) is 100 Å². The van der Waals surface area contributed by atoms with Gasteiger partial charge in [0.25, 0.3) is 8.32 Å². The summed E-state index contributed by atoms with van der Waals surface area (Å²) in [7, 11) is -9.33. The molecule has 8 aromatic rings. The molecule has 30 nitrogen and oxygen atoms in total. The van der Waals surface area contributed by atoms with Gasteiger partial charge in [0.05, 0.1) is 6.61 Å². The van der Waals surface area contributed by atoms with Gasteiger partial charge >= 0.3 is 636 Å². The number of rotatable bonds is 41. The molecule has 13 rings (SSSR count). The van der Waals surface area contributed by atoms with Crippen LogP contribution in [0.2, 0.25) is 15.1 Å². The monoisotopic (exact) mass is 1990 g/mol. The summed E-state index contributed by atoms with van der Waals surface area (Å²) in [6.45, 7) is 32.8. The molecule has 736 valence electrons. The molecule has 0 aromatic heterocycles. The van der Waals surface area contributed by atoms with Crippen molar-refractivity contribution in [2.45, 2.75) is 260 Å². The fraction of sp³-hybridized carbons (Fsp3) is 0.495. The molecule has 5 aliphatic rings. The average molecular weight is 1990 g/mol. The molecule has 0 spiro atoms. The topological polar surface area (TPSA) is 379 Å². The fourth-order valence-corrected chi connectivity index (χ4v) is 37.0. The van der Waals surface area contributed by atoms with Crippen LogP contribution in [0.5, 0.6) is 0 Å². The Morgan fingerprint density at radius 1 is 0.364 bits per heavy atom. The third-order valence-corrected chi connectivity index (χ3v) is 45.5. The number of hydrogen-bond acceptors (Lipinski definition) is 24. The van der Waals surface area contributed by atoms with Gasteiger partial charge in [0.2, 0.25) is 0 Å². The van der Waals surface area contributed by atoms with E-state index in [0.29, 0.717) is 14.1 Å². The zero-order valence-electron chi connectivity index (χ0n) is 82.2. The van der Waals surface area contributed by atoms with Crippen LogP contribution in [0.25, 0.3) is 31.3 Å². The van der Waals surface area contributed by atoms with E-state index in [1.807, 2.05) is 160 Å². The summed E-state index contributed by atoms with van der Waals surface area (Å²) in [5.41, 5.74) is 31.9. The second-order valence-corrected chi connectivity index (χ2v) is 55.1. The van der Waals surface area contributed by atoms with Crippen LogP contribution in [0.3, 0.4) is 0 Å². The first-order valence-corrected chi connectivity index (χ1v) is 55.8. The van der Waals surface area contributed by atoms with Gasteiger partial charge in [-0.3, -0.25) is 0 Å². The van der Waals surface area contributed by atoms with Crippen LogP contribution >= 0.6 is 16.9 Å². The summed E-state index contributed by atoms with van der Waals surface area (Å²) < 4.78 is 141. The first-order chi connectivity index (χ1) is 67.3. The first kappa shape index (κ1) is 108. The van der Waals surface area contributed by atoms with E-state index in [9.17, 15) is 35.6 Å². The number of nitrogens with zero attached hydrogens (tertiary/aromatic N) is 9. The molecule has 0 saturated carbocycles. The second kappa shape index (κ2) is 49.5. The van der Waals surface area contributed by atoms with Crippen molar-refractivity contribution in [1.82, 2.24) is 0 Å². The maximum absolute atomic E-state index is 15.3.